The molecule has 0 aliphatic heterocycles. The summed E-state index contributed by atoms with van der Waals surface area (Å²) in [5.74, 6) is 1.38. The molecule has 0 atom stereocenters. The Kier molecular flexibility index (Phi) is 8.49. The molecule has 0 unspecified atom stereocenters. The lowest BCUT2D eigenvalue weighted by molar-refractivity contribution is 0.281. The molecule has 2 rings (SSSR count). The number of ether oxygens (including phenoxy) is 1. The topological polar surface area (TPSA) is 95.9 Å². The Balaban J connectivity index is 1.72. The average Bonchev–Trinajstić information content (AvgIpc) is 2.70. The van der Waals surface area contributed by atoms with E-state index < -0.39 is 10.0 Å². The zero-order valence-corrected chi connectivity index (χ0v) is 17.4. The number of nitrogens with one attached hydrogen (secondary N) is 2. The lowest BCUT2D eigenvalue weighted by Crippen LogP contribution is -2.43. The number of benzene rings is 1. The molecule has 152 valence electrons. The molecule has 0 fully saturated rings. The molecule has 0 saturated carbocycles. The van der Waals surface area contributed by atoms with Gasteiger partial charge >= 0.3 is 0 Å². The molecular formula is C18H24ClN5O3S. The van der Waals surface area contributed by atoms with Crippen LogP contribution < -0.4 is 14.8 Å². The number of hydrogen-bond donors (Lipinski definition) is 2. The van der Waals surface area contributed by atoms with Crippen molar-refractivity contribution < 1.29 is 13.2 Å². The minimum absolute atomic E-state index is 0.135. The van der Waals surface area contributed by atoms with Gasteiger partial charge < -0.3 is 15.0 Å². The number of nitrogens with zero attached hydrogens (tertiary/aromatic N) is 3. The smallest absolute Gasteiger partial charge is 0.242 e. The van der Waals surface area contributed by atoms with Crippen LogP contribution in [0.25, 0.3) is 0 Å². The summed E-state index contributed by atoms with van der Waals surface area (Å²) >= 11 is 5.85. The van der Waals surface area contributed by atoms with E-state index >= 15 is 0 Å². The molecule has 1 aromatic carbocycles. The summed E-state index contributed by atoms with van der Waals surface area (Å²) in [6.07, 6.45) is 2.83. The number of aliphatic imine (C=N–C) groups is 1. The molecule has 8 nitrogen and oxygen atoms in total. The predicted molar refractivity (Wildman–Crippen MR) is 110 cm³/mol. The van der Waals surface area contributed by atoms with Crippen LogP contribution >= 0.6 is 11.6 Å². The second-order valence-corrected chi connectivity index (χ2v) is 7.99. The number of rotatable bonds is 9. The summed E-state index contributed by atoms with van der Waals surface area (Å²) < 4.78 is 32.5. The molecule has 10 heteroatoms. The fraction of sp³-hybridized carbons (Fsp3) is 0.333. The second-order valence-electron chi connectivity index (χ2n) is 5.78. The highest BCUT2D eigenvalue weighted by Crippen LogP contribution is 2.15. The second kappa shape index (κ2) is 10.8. The quantitative estimate of drug-likeness (QED) is 0.360. The van der Waals surface area contributed by atoms with Gasteiger partial charge in [0, 0.05) is 44.6 Å². The van der Waals surface area contributed by atoms with Crippen molar-refractivity contribution in [1.29, 1.82) is 0 Å². The van der Waals surface area contributed by atoms with Gasteiger partial charge in [-0.3, -0.25) is 9.98 Å². The maximum absolute atomic E-state index is 12.1. The number of guanidine groups is 1. The van der Waals surface area contributed by atoms with E-state index in [9.17, 15) is 8.42 Å². The molecule has 0 saturated heterocycles. The number of hydrogen-bond acceptors (Lipinski definition) is 5. The van der Waals surface area contributed by atoms with Crippen LogP contribution in [0.3, 0.4) is 0 Å². The molecule has 2 aromatic rings. The number of aromatic nitrogens is 1. The maximum Gasteiger partial charge on any atom is 0.242 e. The summed E-state index contributed by atoms with van der Waals surface area (Å²) in [4.78, 5) is 10.0. The number of likely N-dealkylation sites (N-methyl/N-ethyl adjacent to an activating group) is 1. The highest BCUT2D eigenvalue weighted by atomic mass is 35.5. The SMILES string of the molecule is CN=C(NCCNS(=O)(=O)c1cccnc1)N(C)CCOc1ccc(Cl)cc1. The first-order valence-corrected chi connectivity index (χ1v) is 10.5. The Morgan fingerprint density at radius 1 is 1.25 bits per heavy atom. The zero-order chi connectivity index (χ0) is 20.4. The third-order valence-corrected chi connectivity index (χ3v) is 5.43. The molecule has 2 N–H and O–H groups in total. The molecule has 0 bridgehead atoms. The molecule has 1 heterocycles. The lowest BCUT2D eigenvalue weighted by atomic mass is 10.3. The first kappa shape index (κ1) is 21.9. The Bertz CT molecular complexity index is 861. The maximum atomic E-state index is 12.1. The first-order valence-electron chi connectivity index (χ1n) is 8.62. The van der Waals surface area contributed by atoms with Gasteiger partial charge in [0.2, 0.25) is 10.0 Å². The number of sulfonamides is 1. The van der Waals surface area contributed by atoms with E-state index in [0.29, 0.717) is 30.7 Å². The number of halogens is 1. The van der Waals surface area contributed by atoms with Crippen LogP contribution in [0.1, 0.15) is 0 Å². The van der Waals surface area contributed by atoms with Crippen LogP contribution in [-0.2, 0) is 10.0 Å². The van der Waals surface area contributed by atoms with Crippen molar-refractivity contribution in [3.63, 3.8) is 0 Å². The minimum atomic E-state index is -3.57. The standard InChI is InChI=1S/C18H24ClN5O3S/c1-20-18(24(2)12-13-27-16-7-5-15(19)6-8-16)22-10-11-23-28(25,26)17-4-3-9-21-14-17/h3-9,14,23H,10-13H2,1-2H3,(H,20,22). The summed E-state index contributed by atoms with van der Waals surface area (Å²) in [5.41, 5.74) is 0. The van der Waals surface area contributed by atoms with Crippen molar-refractivity contribution >= 4 is 27.6 Å². The van der Waals surface area contributed by atoms with Gasteiger partial charge in [-0.25, -0.2) is 13.1 Å². The van der Waals surface area contributed by atoms with Crippen molar-refractivity contribution in [2.45, 2.75) is 4.90 Å². The first-order chi connectivity index (χ1) is 13.4. The van der Waals surface area contributed by atoms with Crippen LogP contribution in [-0.4, -0.2) is 64.6 Å². The van der Waals surface area contributed by atoms with E-state index in [0.717, 1.165) is 5.75 Å². The lowest BCUT2D eigenvalue weighted by Gasteiger charge is -2.22. The van der Waals surface area contributed by atoms with Crippen molar-refractivity contribution in [3.05, 3.63) is 53.8 Å². The molecule has 0 spiro atoms. The van der Waals surface area contributed by atoms with E-state index in [1.54, 1.807) is 25.2 Å². The third-order valence-electron chi connectivity index (χ3n) is 3.73. The van der Waals surface area contributed by atoms with E-state index in [2.05, 4.69) is 20.0 Å². The van der Waals surface area contributed by atoms with E-state index in [-0.39, 0.29) is 11.4 Å². The van der Waals surface area contributed by atoms with Gasteiger partial charge in [-0.05, 0) is 36.4 Å². The zero-order valence-electron chi connectivity index (χ0n) is 15.8. The predicted octanol–water partition coefficient (Wildman–Crippen LogP) is 1.60. The van der Waals surface area contributed by atoms with E-state index in [1.807, 2.05) is 24.1 Å². The van der Waals surface area contributed by atoms with Gasteiger partial charge in [0.15, 0.2) is 5.96 Å². The summed E-state index contributed by atoms with van der Waals surface area (Å²) in [6.45, 7) is 1.66. The van der Waals surface area contributed by atoms with Crippen molar-refractivity contribution in [2.75, 3.05) is 40.3 Å². The average molecular weight is 426 g/mol. The van der Waals surface area contributed by atoms with Crippen molar-refractivity contribution in [2.24, 2.45) is 4.99 Å². The normalized spacial score (nSPS) is 11.9. The van der Waals surface area contributed by atoms with Crippen LogP contribution in [0.2, 0.25) is 5.02 Å². The molecule has 28 heavy (non-hydrogen) atoms. The minimum Gasteiger partial charge on any atom is -0.492 e. The molecule has 1 aromatic heterocycles. The summed E-state index contributed by atoms with van der Waals surface area (Å²) in [6, 6.07) is 10.2. The van der Waals surface area contributed by atoms with Crippen LogP contribution in [0.5, 0.6) is 5.75 Å². The van der Waals surface area contributed by atoms with Gasteiger partial charge in [-0.1, -0.05) is 11.6 Å². The van der Waals surface area contributed by atoms with Gasteiger partial charge in [-0.2, -0.15) is 0 Å². The summed E-state index contributed by atoms with van der Waals surface area (Å²) in [7, 11) is -0.0277. The van der Waals surface area contributed by atoms with E-state index in [4.69, 9.17) is 16.3 Å². The Labute approximate surface area is 170 Å². The molecule has 0 aliphatic carbocycles. The Morgan fingerprint density at radius 3 is 2.64 bits per heavy atom. The van der Waals surface area contributed by atoms with Gasteiger partial charge in [-0.15, -0.1) is 0 Å². The Morgan fingerprint density at radius 2 is 2.00 bits per heavy atom. The highest BCUT2D eigenvalue weighted by molar-refractivity contribution is 7.89. The molecule has 0 aliphatic rings. The highest BCUT2D eigenvalue weighted by Gasteiger charge is 2.13. The largest absolute Gasteiger partial charge is 0.492 e. The van der Waals surface area contributed by atoms with Crippen LogP contribution in [0, 0.1) is 0 Å². The van der Waals surface area contributed by atoms with Gasteiger partial charge in [0.05, 0.1) is 6.54 Å². The fourth-order valence-electron chi connectivity index (χ4n) is 2.27. The van der Waals surface area contributed by atoms with Gasteiger partial charge in [0.25, 0.3) is 0 Å². The third kappa shape index (κ3) is 6.99. The Hall–Kier alpha value is -2.36. The summed E-state index contributed by atoms with van der Waals surface area (Å²) in [5, 5.41) is 3.77. The van der Waals surface area contributed by atoms with Crippen molar-refractivity contribution in [3.8, 4) is 5.75 Å². The van der Waals surface area contributed by atoms with Crippen LogP contribution in [0.4, 0.5) is 0 Å². The van der Waals surface area contributed by atoms with Crippen LogP contribution in [0.15, 0.2) is 58.7 Å². The monoisotopic (exact) mass is 425 g/mol. The molecule has 0 radical (unpaired) electrons. The van der Waals surface area contributed by atoms with E-state index in [1.165, 1.54) is 18.5 Å². The van der Waals surface area contributed by atoms with Gasteiger partial charge in [0.1, 0.15) is 17.3 Å². The molecular weight excluding hydrogens is 402 g/mol. The fourth-order valence-corrected chi connectivity index (χ4v) is 3.39. The number of pyridine rings is 1. The van der Waals surface area contributed by atoms with Crippen molar-refractivity contribution in [1.82, 2.24) is 19.9 Å². The molecule has 0 amide bonds.